The third kappa shape index (κ3) is 3.36. The Morgan fingerprint density at radius 1 is 1.32 bits per heavy atom. The van der Waals surface area contributed by atoms with E-state index in [0.717, 1.165) is 0 Å². The lowest BCUT2D eigenvalue weighted by Crippen LogP contribution is -2.34. The van der Waals surface area contributed by atoms with Crippen LogP contribution in [0.1, 0.15) is 29.8 Å². The molecule has 2 N–H and O–H groups in total. The van der Waals surface area contributed by atoms with E-state index in [1.807, 2.05) is 0 Å². The van der Waals surface area contributed by atoms with Gasteiger partial charge in [0.2, 0.25) is 0 Å². The standard InChI is InChI=1S/C12H12Cl2N2O3/c13-8-3-4-9(14)16-10(8)11(17)15-7-2-1-6(5-7)12(18)19/h3-4,6-7H,1-2,5H2,(H,15,17)(H,18,19)/t6-,7+/m1/s1. The van der Waals surface area contributed by atoms with Gasteiger partial charge < -0.3 is 10.4 Å². The van der Waals surface area contributed by atoms with Gasteiger partial charge in [-0.2, -0.15) is 0 Å². The lowest BCUT2D eigenvalue weighted by Gasteiger charge is -2.12. The number of hydrogen-bond donors (Lipinski definition) is 2. The van der Waals surface area contributed by atoms with E-state index < -0.39 is 17.8 Å². The average molecular weight is 303 g/mol. The van der Waals surface area contributed by atoms with Gasteiger partial charge in [-0.1, -0.05) is 23.2 Å². The number of carboxylic acid groups (broad SMARTS) is 1. The quantitative estimate of drug-likeness (QED) is 0.840. The number of hydrogen-bond acceptors (Lipinski definition) is 3. The maximum Gasteiger partial charge on any atom is 0.306 e. The fourth-order valence-electron chi connectivity index (χ4n) is 2.17. The van der Waals surface area contributed by atoms with Crippen LogP contribution in [0.3, 0.4) is 0 Å². The van der Waals surface area contributed by atoms with E-state index >= 15 is 0 Å². The summed E-state index contributed by atoms with van der Waals surface area (Å²) in [5.41, 5.74) is 0.0629. The van der Waals surface area contributed by atoms with Crippen LogP contribution < -0.4 is 5.32 Å². The number of carbonyl (C=O) groups excluding carboxylic acids is 1. The molecule has 0 aliphatic heterocycles. The topological polar surface area (TPSA) is 79.3 Å². The first-order chi connectivity index (χ1) is 8.97. The molecular formula is C12H12Cl2N2O3. The van der Waals surface area contributed by atoms with Crippen LogP contribution in [0.15, 0.2) is 12.1 Å². The highest BCUT2D eigenvalue weighted by molar-refractivity contribution is 6.34. The van der Waals surface area contributed by atoms with E-state index in [1.54, 1.807) is 0 Å². The van der Waals surface area contributed by atoms with Crippen LogP contribution in [0.25, 0.3) is 0 Å². The summed E-state index contributed by atoms with van der Waals surface area (Å²) >= 11 is 11.6. The van der Waals surface area contributed by atoms with Crippen LogP contribution in [0.4, 0.5) is 0 Å². The van der Waals surface area contributed by atoms with Crippen LogP contribution in [0.2, 0.25) is 10.2 Å². The number of halogens is 2. The van der Waals surface area contributed by atoms with E-state index in [-0.39, 0.29) is 21.9 Å². The Hall–Kier alpha value is -1.33. The number of pyridine rings is 1. The Bertz CT molecular complexity index is 522. The molecule has 2 rings (SSSR count). The molecule has 1 aliphatic carbocycles. The molecule has 0 bridgehead atoms. The van der Waals surface area contributed by atoms with Gasteiger partial charge in [-0.05, 0) is 31.4 Å². The SMILES string of the molecule is O=C(N[C@H]1CC[C@@H](C(=O)O)C1)c1nc(Cl)ccc1Cl. The summed E-state index contributed by atoms with van der Waals surface area (Å²) in [6, 6.07) is 2.84. The minimum atomic E-state index is -0.823. The fraction of sp³-hybridized carbons (Fsp3) is 0.417. The second kappa shape index (κ2) is 5.75. The molecule has 1 fully saturated rings. The lowest BCUT2D eigenvalue weighted by molar-refractivity contribution is -0.141. The number of amides is 1. The first kappa shape index (κ1) is 14.1. The first-order valence-corrected chi connectivity index (χ1v) is 6.58. The van der Waals surface area contributed by atoms with Crippen LogP contribution in [0, 0.1) is 5.92 Å². The molecule has 0 spiro atoms. The number of nitrogens with zero attached hydrogens (tertiary/aromatic N) is 1. The van der Waals surface area contributed by atoms with Crippen molar-refractivity contribution in [1.29, 1.82) is 0 Å². The Morgan fingerprint density at radius 3 is 2.68 bits per heavy atom. The normalized spacial score (nSPS) is 22.2. The largest absolute Gasteiger partial charge is 0.481 e. The molecule has 0 radical (unpaired) electrons. The number of nitrogens with one attached hydrogen (secondary N) is 1. The van der Waals surface area contributed by atoms with Crippen molar-refractivity contribution in [2.45, 2.75) is 25.3 Å². The highest BCUT2D eigenvalue weighted by Crippen LogP contribution is 2.26. The van der Waals surface area contributed by atoms with Crippen molar-refractivity contribution in [3.05, 3.63) is 28.0 Å². The molecule has 1 aromatic heterocycles. The van der Waals surface area contributed by atoms with E-state index in [1.165, 1.54) is 12.1 Å². The number of carbonyl (C=O) groups is 2. The van der Waals surface area contributed by atoms with Gasteiger partial charge in [-0.25, -0.2) is 4.98 Å². The Kier molecular flexibility index (Phi) is 4.27. The van der Waals surface area contributed by atoms with Gasteiger partial charge >= 0.3 is 5.97 Å². The third-order valence-corrected chi connectivity index (χ3v) is 3.66. The zero-order valence-electron chi connectivity index (χ0n) is 9.90. The fourth-order valence-corrected chi connectivity index (χ4v) is 2.51. The van der Waals surface area contributed by atoms with Gasteiger partial charge in [0, 0.05) is 6.04 Å². The summed E-state index contributed by atoms with van der Waals surface area (Å²) in [6.45, 7) is 0. The van der Waals surface area contributed by atoms with Crippen molar-refractivity contribution < 1.29 is 14.7 Å². The Morgan fingerprint density at radius 2 is 2.05 bits per heavy atom. The lowest BCUT2D eigenvalue weighted by atomic mass is 10.1. The predicted octanol–water partition coefficient (Wildman–Crippen LogP) is 2.37. The summed E-state index contributed by atoms with van der Waals surface area (Å²) in [7, 11) is 0. The van der Waals surface area contributed by atoms with Crippen LogP contribution in [-0.2, 0) is 4.79 Å². The van der Waals surface area contributed by atoms with E-state index in [2.05, 4.69) is 10.3 Å². The van der Waals surface area contributed by atoms with Crippen molar-refractivity contribution in [2.75, 3.05) is 0 Å². The average Bonchev–Trinajstić information content (AvgIpc) is 2.80. The third-order valence-electron chi connectivity index (χ3n) is 3.14. The molecule has 1 aromatic rings. The summed E-state index contributed by atoms with van der Waals surface area (Å²) in [4.78, 5) is 26.7. The van der Waals surface area contributed by atoms with Crippen LogP contribution in [0.5, 0.6) is 0 Å². The summed E-state index contributed by atoms with van der Waals surface area (Å²) in [6.07, 6.45) is 1.64. The molecule has 5 nitrogen and oxygen atoms in total. The maximum absolute atomic E-state index is 12.0. The minimum absolute atomic E-state index is 0.0629. The van der Waals surface area contributed by atoms with Gasteiger partial charge in [0.1, 0.15) is 10.8 Å². The van der Waals surface area contributed by atoms with Gasteiger partial charge in [0.05, 0.1) is 10.9 Å². The smallest absolute Gasteiger partial charge is 0.306 e. The number of aromatic nitrogens is 1. The Balaban J connectivity index is 2.02. The van der Waals surface area contributed by atoms with Crippen molar-refractivity contribution in [3.8, 4) is 0 Å². The molecule has 1 aliphatic rings. The molecule has 19 heavy (non-hydrogen) atoms. The predicted molar refractivity (Wildman–Crippen MR) is 70.5 cm³/mol. The van der Waals surface area contributed by atoms with Crippen LogP contribution >= 0.6 is 23.2 Å². The van der Waals surface area contributed by atoms with Gasteiger partial charge in [-0.15, -0.1) is 0 Å². The van der Waals surface area contributed by atoms with Crippen molar-refractivity contribution >= 4 is 35.1 Å². The van der Waals surface area contributed by atoms with Crippen molar-refractivity contribution in [2.24, 2.45) is 5.92 Å². The first-order valence-electron chi connectivity index (χ1n) is 5.83. The maximum atomic E-state index is 12.0. The highest BCUT2D eigenvalue weighted by Gasteiger charge is 2.31. The summed E-state index contributed by atoms with van der Waals surface area (Å²) < 4.78 is 0. The molecule has 7 heteroatoms. The molecule has 1 saturated carbocycles. The zero-order chi connectivity index (χ0) is 14.0. The number of carboxylic acids is 1. The van der Waals surface area contributed by atoms with Crippen molar-refractivity contribution in [1.82, 2.24) is 10.3 Å². The number of aliphatic carboxylic acids is 1. The molecule has 0 aromatic carbocycles. The molecular weight excluding hydrogens is 291 g/mol. The second-order valence-corrected chi connectivity index (χ2v) is 5.28. The van der Waals surface area contributed by atoms with Gasteiger partial charge in [-0.3, -0.25) is 9.59 Å². The second-order valence-electron chi connectivity index (χ2n) is 4.48. The molecule has 1 heterocycles. The Labute approximate surface area is 119 Å². The van der Waals surface area contributed by atoms with E-state index in [9.17, 15) is 9.59 Å². The van der Waals surface area contributed by atoms with E-state index in [4.69, 9.17) is 28.3 Å². The zero-order valence-corrected chi connectivity index (χ0v) is 11.4. The minimum Gasteiger partial charge on any atom is -0.481 e. The van der Waals surface area contributed by atoms with Gasteiger partial charge in [0.15, 0.2) is 0 Å². The molecule has 2 atom stereocenters. The number of rotatable bonds is 3. The summed E-state index contributed by atoms with van der Waals surface area (Å²) in [5.74, 6) is -1.65. The summed E-state index contributed by atoms with van der Waals surface area (Å²) in [5, 5.41) is 12.0. The van der Waals surface area contributed by atoms with Crippen LogP contribution in [-0.4, -0.2) is 28.0 Å². The van der Waals surface area contributed by atoms with E-state index in [0.29, 0.717) is 19.3 Å². The molecule has 1 amide bonds. The van der Waals surface area contributed by atoms with Gasteiger partial charge in [0.25, 0.3) is 5.91 Å². The molecule has 0 unspecified atom stereocenters. The monoisotopic (exact) mass is 302 g/mol. The highest BCUT2D eigenvalue weighted by atomic mass is 35.5. The van der Waals surface area contributed by atoms with Crippen molar-refractivity contribution in [3.63, 3.8) is 0 Å². The molecule has 0 saturated heterocycles. The molecule has 102 valence electrons.